The Bertz CT molecular complexity index is 1350. The highest BCUT2D eigenvalue weighted by atomic mass is 28.3. The Morgan fingerprint density at radius 3 is 1.90 bits per heavy atom. The van der Waals surface area contributed by atoms with E-state index in [2.05, 4.69) is 102 Å². The fourth-order valence-electron chi connectivity index (χ4n) is 4.78. The standard InChI is InChI=1S/C27H30N2Si/c1-26(2)24(28-25(27(26,3)4)29-30(5,6)7)21-16-14-19-12-11-17-9-8-10-18-13-15-20(21)23(19)22(17)18/h8-16H,1-7H3/b29-25-. The van der Waals surface area contributed by atoms with Gasteiger partial charge in [-0.2, -0.15) is 0 Å². The summed E-state index contributed by atoms with van der Waals surface area (Å²) in [7, 11) is -1.63. The molecule has 4 aromatic carbocycles. The van der Waals surface area contributed by atoms with Crippen LogP contribution in [-0.2, 0) is 0 Å². The first-order chi connectivity index (χ1) is 14.0. The Morgan fingerprint density at radius 2 is 1.27 bits per heavy atom. The molecule has 0 fully saturated rings. The molecular formula is C27H30N2Si. The molecule has 1 aliphatic rings. The van der Waals surface area contributed by atoms with E-state index in [-0.39, 0.29) is 10.8 Å². The number of amidine groups is 1. The van der Waals surface area contributed by atoms with Gasteiger partial charge in [0.2, 0.25) is 0 Å². The molecule has 0 bridgehead atoms. The van der Waals surface area contributed by atoms with E-state index < -0.39 is 8.24 Å². The lowest BCUT2D eigenvalue weighted by atomic mass is 9.65. The van der Waals surface area contributed by atoms with Crippen LogP contribution in [0.4, 0.5) is 0 Å². The molecule has 0 unspecified atom stereocenters. The lowest BCUT2D eigenvalue weighted by Gasteiger charge is -2.36. The molecule has 152 valence electrons. The third-order valence-corrected chi connectivity index (χ3v) is 8.04. The van der Waals surface area contributed by atoms with Crippen molar-refractivity contribution < 1.29 is 0 Å². The molecule has 2 nitrogen and oxygen atoms in total. The minimum absolute atomic E-state index is 0.103. The van der Waals surface area contributed by atoms with Crippen molar-refractivity contribution in [3.05, 3.63) is 60.2 Å². The molecule has 0 atom stereocenters. The minimum atomic E-state index is -1.63. The van der Waals surface area contributed by atoms with Crippen LogP contribution in [0.3, 0.4) is 0 Å². The number of nitrogens with zero attached hydrogens (tertiary/aromatic N) is 2. The summed E-state index contributed by atoms with van der Waals surface area (Å²) >= 11 is 0. The SMILES string of the molecule is CC1(C)C(c2ccc3ccc4cccc5ccc2c3c45)=N/C(=N\[Si](C)(C)C)C1(C)C. The molecule has 0 saturated heterocycles. The van der Waals surface area contributed by atoms with Crippen LogP contribution in [0, 0.1) is 10.8 Å². The predicted octanol–water partition coefficient (Wildman–Crippen LogP) is 7.67. The van der Waals surface area contributed by atoms with Crippen molar-refractivity contribution in [2.45, 2.75) is 47.3 Å². The zero-order chi connectivity index (χ0) is 21.5. The van der Waals surface area contributed by atoms with Crippen LogP contribution >= 0.6 is 0 Å². The molecule has 3 heteroatoms. The summed E-state index contributed by atoms with van der Waals surface area (Å²) in [4.78, 5) is 5.23. The van der Waals surface area contributed by atoms with Crippen molar-refractivity contribution in [3.63, 3.8) is 0 Å². The van der Waals surface area contributed by atoms with Gasteiger partial charge in [-0.1, -0.05) is 82.3 Å². The molecular weight excluding hydrogens is 380 g/mol. The molecule has 0 spiro atoms. The number of benzene rings is 4. The van der Waals surface area contributed by atoms with E-state index in [1.807, 2.05) is 0 Å². The number of aliphatic imine (C=N–C) groups is 1. The fraction of sp³-hybridized carbons (Fsp3) is 0.333. The molecule has 5 rings (SSSR count). The van der Waals surface area contributed by atoms with E-state index in [4.69, 9.17) is 9.65 Å². The average molecular weight is 411 g/mol. The quantitative estimate of drug-likeness (QED) is 0.239. The second-order valence-electron chi connectivity index (χ2n) is 10.8. The molecule has 1 aliphatic heterocycles. The summed E-state index contributed by atoms with van der Waals surface area (Å²) in [5, 5.41) is 7.92. The van der Waals surface area contributed by atoms with Crippen LogP contribution in [0.2, 0.25) is 19.6 Å². The Labute approximate surface area is 180 Å². The van der Waals surface area contributed by atoms with Gasteiger partial charge in [0.1, 0.15) is 5.84 Å². The zero-order valence-corrected chi connectivity index (χ0v) is 20.1. The van der Waals surface area contributed by atoms with Gasteiger partial charge in [0.15, 0.2) is 8.24 Å². The van der Waals surface area contributed by atoms with Gasteiger partial charge in [-0.15, -0.1) is 0 Å². The van der Waals surface area contributed by atoms with Crippen molar-refractivity contribution in [1.29, 1.82) is 0 Å². The molecule has 0 N–H and O–H groups in total. The Hall–Kier alpha value is -2.52. The van der Waals surface area contributed by atoms with Crippen molar-refractivity contribution in [1.82, 2.24) is 0 Å². The summed E-state index contributed by atoms with van der Waals surface area (Å²) in [6, 6.07) is 20.2. The van der Waals surface area contributed by atoms with E-state index in [0.717, 1.165) is 5.84 Å². The van der Waals surface area contributed by atoms with Crippen LogP contribution in [-0.4, -0.2) is 19.8 Å². The third-order valence-electron chi connectivity index (χ3n) is 7.16. The maximum absolute atomic E-state index is 5.23. The summed E-state index contributed by atoms with van der Waals surface area (Å²) in [5.74, 6) is 1.02. The van der Waals surface area contributed by atoms with Crippen molar-refractivity contribution >= 4 is 52.1 Å². The fourth-order valence-corrected chi connectivity index (χ4v) is 5.75. The molecule has 1 heterocycles. The summed E-state index contributed by atoms with van der Waals surface area (Å²) in [5.41, 5.74) is 2.21. The Kier molecular flexibility index (Phi) is 3.89. The van der Waals surface area contributed by atoms with Crippen LogP contribution in [0.1, 0.15) is 33.3 Å². The number of hydrogen-bond acceptors (Lipinski definition) is 1. The average Bonchev–Trinajstić information content (AvgIpc) is 2.84. The highest BCUT2D eigenvalue weighted by molar-refractivity contribution is 6.75. The topological polar surface area (TPSA) is 24.7 Å². The van der Waals surface area contributed by atoms with Gasteiger partial charge in [0.25, 0.3) is 0 Å². The van der Waals surface area contributed by atoms with Gasteiger partial charge in [0.05, 0.1) is 5.71 Å². The summed E-state index contributed by atoms with van der Waals surface area (Å²) in [6.45, 7) is 16.1. The molecule has 30 heavy (non-hydrogen) atoms. The van der Waals surface area contributed by atoms with Crippen LogP contribution in [0.25, 0.3) is 32.3 Å². The smallest absolute Gasteiger partial charge is 0.174 e. The van der Waals surface area contributed by atoms with Gasteiger partial charge in [-0.3, -0.25) is 0 Å². The monoisotopic (exact) mass is 410 g/mol. The van der Waals surface area contributed by atoms with Gasteiger partial charge in [-0.25, -0.2) is 4.99 Å². The molecule has 0 amide bonds. The Balaban J connectivity index is 1.85. The van der Waals surface area contributed by atoms with E-state index >= 15 is 0 Å². The lowest BCUT2D eigenvalue weighted by molar-refractivity contribution is 0.299. The van der Waals surface area contributed by atoms with E-state index in [0.29, 0.717) is 0 Å². The largest absolute Gasteiger partial charge is 0.309 e. The molecule has 0 aliphatic carbocycles. The number of hydrogen-bond donors (Lipinski definition) is 0. The molecule has 4 aromatic rings. The lowest BCUT2D eigenvalue weighted by Crippen LogP contribution is -2.39. The first-order valence-electron chi connectivity index (χ1n) is 10.9. The molecule has 0 radical (unpaired) electrons. The van der Waals surface area contributed by atoms with Crippen LogP contribution in [0.5, 0.6) is 0 Å². The van der Waals surface area contributed by atoms with E-state index in [1.54, 1.807) is 0 Å². The minimum Gasteiger partial charge on any atom is -0.309 e. The maximum Gasteiger partial charge on any atom is 0.174 e. The highest BCUT2D eigenvalue weighted by Gasteiger charge is 2.50. The van der Waals surface area contributed by atoms with Crippen molar-refractivity contribution in [2.75, 3.05) is 0 Å². The van der Waals surface area contributed by atoms with Gasteiger partial charge in [-0.05, 0) is 52.0 Å². The second-order valence-corrected chi connectivity index (χ2v) is 15.4. The molecule has 0 aromatic heterocycles. The van der Waals surface area contributed by atoms with Crippen molar-refractivity contribution in [2.24, 2.45) is 20.5 Å². The first-order valence-corrected chi connectivity index (χ1v) is 14.3. The van der Waals surface area contributed by atoms with Crippen molar-refractivity contribution in [3.8, 4) is 0 Å². The van der Waals surface area contributed by atoms with Crippen LogP contribution < -0.4 is 0 Å². The summed E-state index contributed by atoms with van der Waals surface area (Å²) in [6.07, 6.45) is 0. The number of rotatable bonds is 2. The third kappa shape index (κ3) is 2.61. The van der Waals surface area contributed by atoms with Gasteiger partial charge >= 0.3 is 0 Å². The summed E-state index contributed by atoms with van der Waals surface area (Å²) < 4.78 is 5.16. The highest BCUT2D eigenvalue weighted by Crippen LogP contribution is 2.49. The predicted molar refractivity (Wildman–Crippen MR) is 135 cm³/mol. The van der Waals surface area contributed by atoms with Gasteiger partial charge in [0, 0.05) is 16.4 Å². The van der Waals surface area contributed by atoms with E-state index in [9.17, 15) is 0 Å². The normalized spacial score (nSPS) is 20.0. The Morgan fingerprint density at radius 1 is 0.700 bits per heavy atom. The van der Waals surface area contributed by atoms with Gasteiger partial charge < -0.3 is 4.66 Å². The van der Waals surface area contributed by atoms with E-state index in [1.165, 1.54) is 43.6 Å². The second kappa shape index (κ2) is 6.01. The maximum atomic E-state index is 5.23. The first kappa shape index (κ1) is 19.4. The van der Waals surface area contributed by atoms with Crippen LogP contribution in [0.15, 0.2) is 64.2 Å². The zero-order valence-electron chi connectivity index (χ0n) is 19.1. The molecule has 0 saturated carbocycles.